The molecular formula is C38H26F3N3. The lowest BCUT2D eigenvalue weighted by Crippen LogP contribution is -2.08. The molecule has 6 heteroatoms. The summed E-state index contributed by atoms with van der Waals surface area (Å²) in [5.41, 5.74) is 7.83. The van der Waals surface area contributed by atoms with Crippen LogP contribution in [0.25, 0.3) is 66.1 Å². The molecule has 3 aromatic heterocycles. The van der Waals surface area contributed by atoms with Gasteiger partial charge >= 0.3 is 6.18 Å². The molecule has 0 N–H and O–H groups in total. The van der Waals surface area contributed by atoms with Crippen molar-refractivity contribution in [2.75, 3.05) is 0 Å². The Kier molecular flexibility index (Phi) is 5.72. The topological polar surface area (TPSA) is 22.8 Å². The van der Waals surface area contributed by atoms with Crippen molar-refractivity contribution >= 4 is 43.6 Å². The number of para-hydroxylation sites is 2. The monoisotopic (exact) mass is 581 g/mol. The van der Waals surface area contributed by atoms with E-state index in [0.29, 0.717) is 22.5 Å². The van der Waals surface area contributed by atoms with Gasteiger partial charge in [-0.2, -0.15) is 13.2 Å². The predicted molar refractivity (Wildman–Crippen MR) is 173 cm³/mol. The molecule has 0 saturated heterocycles. The number of aromatic nitrogens is 3. The molecule has 5 aromatic carbocycles. The van der Waals surface area contributed by atoms with E-state index in [1.54, 1.807) is 18.5 Å². The first-order valence-corrected chi connectivity index (χ1v) is 14.5. The average Bonchev–Trinajstić information content (AvgIpc) is 3.52. The van der Waals surface area contributed by atoms with Crippen LogP contribution in [0.4, 0.5) is 13.2 Å². The molecule has 3 heterocycles. The Morgan fingerprint density at radius 3 is 1.66 bits per heavy atom. The van der Waals surface area contributed by atoms with Crippen LogP contribution in [0.15, 0.2) is 122 Å². The van der Waals surface area contributed by atoms with Crippen molar-refractivity contribution in [1.29, 1.82) is 0 Å². The molecule has 0 aliphatic rings. The Balaban J connectivity index is 1.50. The Bertz CT molecular complexity index is 2410. The highest BCUT2D eigenvalue weighted by atomic mass is 19.4. The SMILES string of the molecule is Cc1ccc2c(c1)c1ccccc1n2-c1ccc(C(F)(F)F)cc1-c1ccncc1-n1c2ccccc2c2cc(C)ccc21. The first-order chi connectivity index (χ1) is 21.3. The number of alkyl halides is 3. The van der Waals surface area contributed by atoms with Crippen LogP contribution in [0, 0.1) is 13.8 Å². The molecule has 0 unspecified atom stereocenters. The quantitative estimate of drug-likeness (QED) is 0.204. The third-order valence-corrected chi connectivity index (χ3v) is 8.55. The summed E-state index contributed by atoms with van der Waals surface area (Å²) < 4.78 is 47.1. The van der Waals surface area contributed by atoms with E-state index >= 15 is 0 Å². The minimum atomic E-state index is -4.51. The van der Waals surface area contributed by atoms with Crippen molar-refractivity contribution in [3.63, 3.8) is 0 Å². The zero-order valence-corrected chi connectivity index (χ0v) is 24.0. The van der Waals surface area contributed by atoms with Gasteiger partial charge in [0.25, 0.3) is 0 Å². The van der Waals surface area contributed by atoms with Crippen LogP contribution in [0.2, 0.25) is 0 Å². The van der Waals surface area contributed by atoms with Gasteiger partial charge in [0.15, 0.2) is 0 Å². The van der Waals surface area contributed by atoms with Crippen LogP contribution in [-0.4, -0.2) is 14.1 Å². The van der Waals surface area contributed by atoms with Gasteiger partial charge in [-0.05, 0) is 74.5 Å². The minimum absolute atomic E-state index is 0.471. The van der Waals surface area contributed by atoms with Gasteiger partial charge in [0.1, 0.15) is 0 Å². The first kappa shape index (κ1) is 26.3. The molecule has 8 aromatic rings. The molecule has 0 saturated carbocycles. The average molecular weight is 582 g/mol. The van der Waals surface area contributed by atoms with Gasteiger partial charge in [-0.25, -0.2) is 0 Å². The summed E-state index contributed by atoms with van der Waals surface area (Å²) in [5, 5.41) is 4.25. The summed E-state index contributed by atoms with van der Waals surface area (Å²) in [5.74, 6) is 0. The number of hydrogen-bond donors (Lipinski definition) is 0. The van der Waals surface area contributed by atoms with E-state index in [1.807, 2.05) is 55.5 Å². The van der Waals surface area contributed by atoms with Crippen LogP contribution in [0.3, 0.4) is 0 Å². The van der Waals surface area contributed by atoms with Crippen LogP contribution in [-0.2, 0) is 6.18 Å². The zero-order valence-electron chi connectivity index (χ0n) is 24.0. The summed E-state index contributed by atoms with van der Waals surface area (Å²) in [6, 6.07) is 34.6. The van der Waals surface area contributed by atoms with Crippen molar-refractivity contribution in [2.45, 2.75) is 20.0 Å². The number of fused-ring (bicyclic) bond motifs is 6. The summed E-state index contributed by atoms with van der Waals surface area (Å²) in [6.07, 6.45) is -1.11. The van der Waals surface area contributed by atoms with E-state index in [4.69, 9.17) is 0 Å². The molecule has 0 atom stereocenters. The number of benzene rings is 5. The Morgan fingerprint density at radius 2 is 1.07 bits per heavy atom. The third kappa shape index (κ3) is 3.94. The number of aryl methyl sites for hydroxylation is 2. The van der Waals surface area contributed by atoms with E-state index in [-0.39, 0.29) is 0 Å². The van der Waals surface area contributed by atoms with Gasteiger partial charge in [-0.1, -0.05) is 59.7 Å². The minimum Gasteiger partial charge on any atom is -0.309 e. The highest BCUT2D eigenvalue weighted by molar-refractivity contribution is 6.11. The van der Waals surface area contributed by atoms with Gasteiger partial charge < -0.3 is 9.13 Å². The van der Waals surface area contributed by atoms with Crippen LogP contribution in [0.5, 0.6) is 0 Å². The fourth-order valence-corrected chi connectivity index (χ4v) is 6.61. The second-order valence-electron chi connectivity index (χ2n) is 11.4. The van der Waals surface area contributed by atoms with E-state index in [0.717, 1.165) is 54.7 Å². The molecule has 0 aliphatic carbocycles. The van der Waals surface area contributed by atoms with Crippen molar-refractivity contribution in [3.05, 3.63) is 138 Å². The lowest BCUT2D eigenvalue weighted by Gasteiger charge is -2.20. The van der Waals surface area contributed by atoms with Crippen molar-refractivity contribution in [3.8, 4) is 22.5 Å². The molecule has 214 valence electrons. The summed E-state index contributed by atoms with van der Waals surface area (Å²) in [4.78, 5) is 4.48. The standard InChI is InChI=1S/C38H26F3N3/c1-23-11-14-34-29(19-23)26-7-3-5-9-32(26)43(34)36-16-13-25(38(39,40)41)21-31(36)28-17-18-42-22-37(28)44-33-10-6-4-8-27(33)30-20-24(2)12-15-35(30)44/h3-22H,1-2H3. The third-order valence-electron chi connectivity index (χ3n) is 8.55. The van der Waals surface area contributed by atoms with Crippen molar-refractivity contribution in [2.24, 2.45) is 0 Å². The van der Waals surface area contributed by atoms with E-state index < -0.39 is 11.7 Å². The van der Waals surface area contributed by atoms with Gasteiger partial charge in [0, 0.05) is 38.9 Å². The first-order valence-electron chi connectivity index (χ1n) is 14.5. The maximum atomic E-state index is 14.3. The Labute approximate surface area is 251 Å². The molecule has 8 rings (SSSR count). The summed E-state index contributed by atoms with van der Waals surface area (Å²) >= 11 is 0. The predicted octanol–water partition coefficient (Wildman–Crippen LogP) is 10.6. The summed E-state index contributed by atoms with van der Waals surface area (Å²) in [7, 11) is 0. The van der Waals surface area contributed by atoms with Crippen molar-refractivity contribution < 1.29 is 13.2 Å². The van der Waals surface area contributed by atoms with Gasteiger partial charge in [-0.15, -0.1) is 0 Å². The van der Waals surface area contributed by atoms with E-state index in [1.165, 1.54) is 12.1 Å². The van der Waals surface area contributed by atoms with Crippen molar-refractivity contribution in [1.82, 2.24) is 14.1 Å². The zero-order chi connectivity index (χ0) is 30.2. The molecule has 0 fully saturated rings. The second kappa shape index (κ2) is 9.58. The largest absolute Gasteiger partial charge is 0.416 e. The highest BCUT2D eigenvalue weighted by Gasteiger charge is 2.32. The van der Waals surface area contributed by atoms with Crippen LogP contribution >= 0.6 is 0 Å². The normalized spacial score (nSPS) is 12.2. The molecule has 3 nitrogen and oxygen atoms in total. The molecule has 0 spiro atoms. The van der Waals surface area contributed by atoms with E-state index in [9.17, 15) is 13.2 Å². The molecule has 0 radical (unpaired) electrons. The molecule has 0 aliphatic heterocycles. The molecule has 44 heavy (non-hydrogen) atoms. The maximum absolute atomic E-state index is 14.3. The van der Waals surface area contributed by atoms with Gasteiger partial charge in [0.2, 0.25) is 0 Å². The van der Waals surface area contributed by atoms with Gasteiger partial charge in [-0.3, -0.25) is 4.98 Å². The summed E-state index contributed by atoms with van der Waals surface area (Å²) in [6.45, 7) is 4.11. The van der Waals surface area contributed by atoms with E-state index in [2.05, 4.69) is 63.5 Å². The lowest BCUT2D eigenvalue weighted by molar-refractivity contribution is -0.137. The number of nitrogens with zero attached hydrogens (tertiary/aromatic N) is 3. The number of hydrogen-bond acceptors (Lipinski definition) is 1. The van der Waals surface area contributed by atoms with Gasteiger partial charge in [0.05, 0.1) is 45.2 Å². The van der Waals surface area contributed by atoms with Crippen LogP contribution in [0.1, 0.15) is 16.7 Å². The molecular weight excluding hydrogens is 555 g/mol. The fraction of sp³-hybridized carbons (Fsp3) is 0.0789. The smallest absolute Gasteiger partial charge is 0.309 e. The second-order valence-corrected chi connectivity index (χ2v) is 11.4. The number of rotatable bonds is 3. The number of halogens is 3. The molecule has 0 bridgehead atoms. The number of pyridine rings is 1. The fourth-order valence-electron chi connectivity index (χ4n) is 6.61. The highest BCUT2D eigenvalue weighted by Crippen LogP contribution is 2.42. The maximum Gasteiger partial charge on any atom is 0.416 e. The van der Waals surface area contributed by atoms with Crippen LogP contribution < -0.4 is 0 Å². The molecule has 0 amide bonds. The Morgan fingerprint density at radius 1 is 0.523 bits per heavy atom. The Hall–Kier alpha value is -5.36. The lowest BCUT2D eigenvalue weighted by atomic mass is 9.99.